The highest BCUT2D eigenvalue weighted by Crippen LogP contribution is 2.11. The van der Waals surface area contributed by atoms with E-state index in [2.05, 4.69) is 5.32 Å². The molecule has 15 heavy (non-hydrogen) atoms. The molecular weight excluding hydrogens is 210 g/mol. The van der Waals surface area contributed by atoms with Gasteiger partial charge in [-0.3, -0.25) is 4.21 Å². The van der Waals surface area contributed by atoms with Crippen LogP contribution in [0.5, 0.6) is 0 Å². The molecule has 0 aliphatic carbocycles. The highest BCUT2D eigenvalue weighted by Gasteiger charge is 2.17. The Balaban J connectivity index is 1.76. The van der Waals surface area contributed by atoms with Gasteiger partial charge >= 0.3 is 0 Å². The fourth-order valence-corrected chi connectivity index (χ4v) is 3.12. The fourth-order valence-electron chi connectivity index (χ4n) is 1.82. The normalized spacial score (nSPS) is 26.7. The summed E-state index contributed by atoms with van der Waals surface area (Å²) in [5.74, 6) is 3.62. The van der Waals surface area contributed by atoms with Crippen LogP contribution in [0.3, 0.4) is 0 Å². The summed E-state index contributed by atoms with van der Waals surface area (Å²) in [6, 6.07) is 4.49. The summed E-state index contributed by atoms with van der Waals surface area (Å²) >= 11 is 0. The predicted molar refractivity (Wildman–Crippen MR) is 61.2 cm³/mol. The largest absolute Gasteiger partial charge is 0.465 e. The molecule has 1 N–H and O–H groups in total. The SMILES string of the molecule is Cc1ccc(CNC2CCS(=O)CC2)o1. The number of aryl methyl sites for hydroxylation is 1. The Bertz CT molecular complexity index is 338. The van der Waals surface area contributed by atoms with Crippen LogP contribution in [0.2, 0.25) is 0 Å². The summed E-state index contributed by atoms with van der Waals surface area (Å²) in [4.78, 5) is 0. The molecule has 0 aromatic carbocycles. The maximum atomic E-state index is 11.2. The monoisotopic (exact) mass is 227 g/mol. The first-order chi connectivity index (χ1) is 7.24. The maximum Gasteiger partial charge on any atom is 0.117 e. The van der Waals surface area contributed by atoms with E-state index in [9.17, 15) is 4.21 Å². The van der Waals surface area contributed by atoms with Crippen molar-refractivity contribution in [2.24, 2.45) is 0 Å². The van der Waals surface area contributed by atoms with Crippen molar-refractivity contribution < 1.29 is 8.63 Å². The van der Waals surface area contributed by atoms with Crippen molar-refractivity contribution in [2.75, 3.05) is 11.5 Å². The van der Waals surface area contributed by atoms with Gasteiger partial charge in [-0.15, -0.1) is 0 Å². The molecule has 84 valence electrons. The van der Waals surface area contributed by atoms with E-state index in [0.717, 1.165) is 42.4 Å². The lowest BCUT2D eigenvalue weighted by molar-refractivity contribution is 0.416. The molecule has 1 aliphatic heterocycles. The van der Waals surface area contributed by atoms with E-state index in [-0.39, 0.29) is 0 Å². The van der Waals surface area contributed by atoms with E-state index in [1.165, 1.54) is 0 Å². The quantitative estimate of drug-likeness (QED) is 0.852. The number of nitrogens with one attached hydrogen (secondary N) is 1. The fraction of sp³-hybridized carbons (Fsp3) is 0.636. The molecule has 2 heterocycles. The zero-order chi connectivity index (χ0) is 10.7. The second-order valence-electron chi connectivity index (χ2n) is 4.02. The molecule has 0 radical (unpaired) electrons. The molecule has 1 saturated heterocycles. The Morgan fingerprint density at radius 2 is 2.20 bits per heavy atom. The van der Waals surface area contributed by atoms with Crippen molar-refractivity contribution in [2.45, 2.75) is 32.4 Å². The molecule has 1 aliphatic rings. The van der Waals surface area contributed by atoms with E-state index in [1.807, 2.05) is 19.1 Å². The molecular formula is C11H17NO2S. The van der Waals surface area contributed by atoms with Crippen LogP contribution >= 0.6 is 0 Å². The Hall–Kier alpha value is -0.610. The van der Waals surface area contributed by atoms with Gasteiger partial charge in [0, 0.05) is 28.3 Å². The number of rotatable bonds is 3. The third-order valence-electron chi connectivity index (χ3n) is 2.75. The van der Waals surface area contributed by atoms with Crippen molar-refractivity contribution in [3.63, 3.8) is 0 Å². The summed E-state index contributed by atoms with van der Waals surface area (Å²) in [5, 5.41) is 3.44. The zero-order valence-electron chi connectivity index (χ0n) is 8.99. The first-order valence-corrected chi connectivity index (χ1v) is 6.86. The zero-order valence-corrected chi connectivity index (χ0v) is 9.81. The third-order valence-corrected chi connectivity index (χ3v) is 4.13. The Morgan fingerprint density at radius 3 is 2.80 bits per heavy atom. The third kappa shape index (κ3) is 3.18. The Kier molecular flexibility index (Phi) is 3.59. The summed E-state index contributed by atoms with van der Waals surface area (Å²) in [5.41, 5.74) is 0. The molecule has 0 atom stereocenters. The number of furan rings is 1. The van der Waals surface area contributed by atoms with E-state index in [0.29, 0.717) is 6.04 Å². The molecule has 0 bridgehead atoms. The van der Waals surface area contributed by atoms with E-state index < -0.39 is 10.8 Å². The summed E-state index contributed by atoms with van der Waals surface area (Å²) in [7, 11) is -0.568. The highest BCUT2D eigenvalue weighted by atomic mass is 32.2. The van der Waals surface area contributed by atoms with Gasteiger partial charge in [-0.1, -0.05) is 0 Å². The van der Waals surface area contributed by atoms with E-state index in [4.69, 9.17) is 4.42 Å². The molecule has 1 aromatic heterocycles. The van der Waals surface area contributed by atoms with Gasteiger partial charge in [-0.2, -0.15) is 0 Å². The average molecular weight is 227 g/mol. The lowest BCUT2D eigenvalue weighted by atomic mass is 10.1. The standard InChI is InChI=1S/C11H17NO2S/c1-9-2-3-11(14-9)8-12-10-4-6-15(13)7-5-10/h2-3,10,12H,4-8H2,1H3. The average Bonchev–Trinajstić information content (AvgIpc) is 2.64. The second-order valence-corrected chi connectivity index (χ2v) is 5.71. The van der Waals surface area contributed by atoms with Crippen molar-refractivity contribution in [1.29, 1.82) is 0 Å². The van der Waals surface area contributed by atoms with Gasteiger partial charge in [0.25, 0.3) is 0 Å². The van der Waals surface area contributed by atoms with Crippen LogP contribution in [-0.4, -0.2) is 21.8 Å². The van der Waals surface area contributed by atoms with Gasteiger partial charge in [-0.25, -0.2) is 0 Å². The molecule has 0 spiro atoms. The van der Waals surface area contributed by atoms with Crippen LogP contribution in [0.4, 0.5) is 0 Å². The molecule has 0 amide bonds. The Labute approximate surface area is 92.7 Å². The van der Waals surface area contributed by atoms with Crippen LogP contribution in [-0.2, 0) is 17.3 Å². The van der Waals surface area contributed by atoms with Gasteiger partial charge in [0.2, 0.25) is 0 Å². The first-order valence-electron chi connectivity index (χ1n) is 5.38. The lowest BCUT2D eigenvalue weighted by Gasteiger charge is -2.21. The molecule has 3 nitrogen and oxygen atoms in total. The predicted octanol–water partition coefficient (Wildman–Crippen LogP) is 1.59. The molecule has 0 saturated carbocycles. The van der Waals surface area contributed by atoms with Crippen molar-refractivity contribution >= 4 is 10.8 Å². The van der Waals surface area contributed by atoms with Crippen LogP contribution in [0, 0.1) is 6.92 Å². The minimum absolute atomic E-state index is 0.508. The van der Waals surface area contributed by atoms with Gasteiger partial charge in [0.15, 0.2) is 0 Å². The van der Waals surface area contributed by atoms with Gasteiger partial charge in [0.1, 0.15) is 11.5 Å². The van der Waals surface area contributed by atoms with Crippen LogP contribution in [0.1, 0.15) is 24.4 Å². The van der Waals surface area contributed by atoms with Crippen LogP contribution in [0.25, 0.3) is 0 Å². The molecule has 1 aromatic rings. The minimum Gasteiger partial charge on any atom is -0.465 e. The highest BCUT2D eigenvalue weighted by molar-refractivity contribution is 7.85. The maximum absolute atomic E-state index is 11.2. The topological polar surface area (TPSA) is 42.2 Å². The van der Waals surface area contributed by atoms with Gasteiger partial charge in [0.05, 0.1) is 6.54 Å². The summed E-state index contributed by atoms with van der Waals surface area (Å²) < 4.78 is 16.6. The molecule has 2 rings (SSSR count). The summed E-state index contributed by atoms with van der Waals surface area (Å²) in [6.07, 6.45) is 2.04. The minimum atomic E-state index is -0.568. The van der Waals surface area contributed by atoms with E-state index >= 15 is 0 Å². The molecule has 4 heteroatoms. The van der Waals surface area contributed by atoms with Crippen molar-refractivity contribution in [1.82, 2.24) is 5.32 Å². The molecule has 1 fully saturated rings. The van der Waals surface area contributed by atoms with Gasteiger partial charge < -0.3 is 9.73 Å². The smallest absolute Gasteiger partial charge is 0.117 e. The van der Waals surface area contributed by atoms with Crippen LogP contribution < -0.4 is 5.32 Å². The van der Waals surface area contributed by atoms with Crippen molar-refractivity contribution in [3.8, 4) is 0 Å². The van der Waals surface area contributed by atoms with Gasteiger partial charge in [-0.05, 0) is 31.9 Å². The second kappa shape index (κ2) is 4.94. The Morgan fingerprint density at radius 1 is 1.47 bits per heavy atom. The van der Waals surface area contributed by atoms with Crippen LogP contribution in [0.15, 0.2) is 16.5 Å². The number of hydrogen-bond acceptors (Lipinski definition) is 3. The lowest BCUT2D eigenvalue weighted by Crippen LogP contribution is -2.35. The molecule has 0 unspecified atom stereocenters. The van der Waals surface area contributed by atoms with Crippen molar-refractivity contribution in [3.05, 3.63) is 23.7 Å². The van der Waals surface area contributed by atoms with E-state index in [1.54, 1.807) is 0 Å². The first kappa shape index (κ1) is 10.9. The number of hydrogen-bond donors (Lipinski definition) is 1. The summed E-state index contributed by atoms with van der Waals surface area (Å²) in [6.45, 7) is 2.73.